The number of hydrazone groups is 1. The van der Waals surface area contributed by atoms with Crippen LogP contribution in [0.2, 0.25) is 0 Å². The fraction of sp³-hybridized carbons (Fsp3) is 0.222. The maximum absolute atomic E-state index is 4.58. The highest BCUT2D eigenvalue weighted by molar-refractivity contribution is 5.82. The van der Waals surface area contributed by atoms with Crippen LogP contribution < -0.4 is 10.3 Å². The van der Waals surface area contributed by atoms with Crippen LogP contribution in [0.25, 0.3) is 11.0 Å². The third-order valence-electron chi connectivity index (χ3n) is 3.76. The zero-order valence-electron chi connectivity index (χ0n) is 13.7. The Kier molecular flexibility index (Phi) is 4.28. The van der Waals surface area contributed by atoms with E-state index in [1.54, 1.807) is 6.21 Å². The second-order valence-corrected chi connectivity index (χ2v) is 5.52. The van der Waals surface area contributed by atoms with Crippen LogP contribution in [0.15, 0.2) is 53.6 Å². The predicted octanol–water partition coefficient (Wildman–Crippen LogP) is 3.57. The molecule has 0 aliphatic carbocycles. The van der Waals surface area contributed by atoms with Gasteiger partial charge in [0.15, 0.2) is 0 Å². The molecule has 1 heterocycles. The molecule has 0 atom stereocenters. The summed E-state index contributed by atoms with van der Waals surface area (Å²) in [6.45, 7) is 2.94. The van der Waals surface area contributed by atoms with Crippen molar-refractivity contribution in [2.45, 2.75) is 13.5 Å². The van der Waals surface area contributed by atoms with Crippen molar-refractivity contribution in [2.75, 3.05) is 24.4 Å². The van der Waals surface area contributed by atoms with Crippen molar-refractivity contribution in [3.05, 3.63) is 54.1 Å². The number of benzene rings is 2. The molecular weight excluding hydrogens is 286 g/mol. The summed E-state index contributed by atoms with van der Waals surface area (Å²) in [5.41, 5.74) is 7.35. The van der Waals surface area contributed by atoms with Crippen LogP contribution in [0.5, 0.6) is 0 Å². The van der Waals surface area contributed by atoms with E-state index in [4.69, 9.17) is 0 Å². The lowest BCUT2D eigenvalue weighted by Crippen LogP contribution is -2.08. The van der Waals surface area contributed by atoms with Crippen LogP contribution in [-0.2, 0) is 6.54 Å². The summed E-state index contributed by atoms with van der Waals surface area (Å²) >= 11 is 0. The Labute approximate surface area is 136 Å². The maximum Gasteiger partial charge on any atom is 0.224 e. The molecule has 1 aromatic heterocycles. The van der Waals surface area contributed by atoms with E-state index in [1.165, 1.54) is 5.69 Å². The Hall–Kier alpha value is -2.82. The SMILES string of the molecule is CCn1c(N/N=C/c2ccc(N(C)C)cc2)nc2ccccc21. The van der Waals surface area contributed by atoms with Crippen LogP contribution in [0.1, 0.15) is 12.5 Å². The molecule has 1 N–H and O–H groups in total. The highest BCUT2D eigenvalue weighted by Gasteiger charge is 2.07. The molecule has 3 rings (SSSR count). The third-order valence-corrected chi connectivity index (χ3v) is 3.76. The average molecular weight is 307 g/mol. The van der Waals surface area contributed by atoms with E-state index in [1.807, 2.05) is 44.4 Å². The van der Waals surface area contributed by atoms with E-state index < -0.39 is 0 Å². The summed E-state index contributed by atoms with van der Waals surface area (Å²) in [5.74, 6) is 0.759. The number of hydrogen-bond donors (Lipinski definition) is 1. The fourth-order valence-corrected chi connectivity index (χ4v) is 2.50. The zero-order valence-corrected chi connectivity index (χ0v) is 13.7. The standard InChI is InChI=1S/C18H21N5/c1-4-23-17-8-6-5-7-16(17)20-18(23)21-19-13-14-9-11-15(12-10-14)22(2)3/h5-13H,4H2,1-3H3,(H,20,21)/b19-13+. The molecule has 5 nitrogen and oxygen atoms in total. The molecule has 5 heteroatoms. The number of anilines is 2. The normalized spacial score (nSPS) is 11.3. The highest BCUT2D eigenvalue weighted by Crippen LogP contribution is 2.19. The first kappa shape index (κ1) is 15.1. The van der Waals surface area contributed by atoms with Gasteiger partial charge in [0.25, 0.3) is 0 Å². The quantitative estimate of drug-likeness (QED) is 0.579. The van der Waals surface area contributed by atoms with Crippen molar-refractivity contribution in [3.63, 3.8) is 0 Å². The third kappa shape index (κ3) is 3.18. The summed E-state index contributed by atoms with van der Waals surface area (Å²) in [6.07, 6.45) is 1.80. The Morgan fingerprint density at radius 2 is 1.87 bits per heavy atom. The molecule has 0 spiro atoms. The van der Waals surface area contributed by atoms with E-state index in [9.17, 15) is 0 Å². The summed E-state index contributed by atoms with van der Waals surface area (Å²) in [7, 11) is 4.06. The predicted molar refractivity (Wildman–Crippen MR) is 97.4 cm³/mol. The lowest BCUT2D eigenvalue weighted by atomic mass is 10.2. The van der Waals surface area contributed by atoms with Gasteiger partial charge in [-0.3, -0.25) is 0 Å². The molecule has 23 heavy (non-hydrogen) atoms. The lowest BCUT2D eigenvalue weighted by molar-refractivity contribution is 0.791. The van der Waals surface area contributed by atoms with Crippen molar-refractivity contribution in [1.82, 2.24) is 9.55 Å². The summed E-state index contributed by atoms with van der Waals surface area (Å²) < 4.78 is 2.11. The number of nitrogens with one attached hydrogen (secondary N) is 1. The van der Waals surface area contributed by atoms with Gasteiger partial charge >= 0.3 is 0 Å². The monoisotopic (exact) mass is 307 g/mol. The molecule has 0 aliphatic heterocycles. The van der Waals surface area contributed by atoms with Gasteiger partial charge in [0.2, 0.25) is 5.95 Å². The molecule has 0 amide bonds. The van der Waals surface area contributed by atoms with Crippen LogP contribution in [0.4, 0.5) is 11.6 Å². The number of rotatable bonds is 5. The van der Waals surface area contributed by atoms with Crippen LogP contribution in [0, 0.1) is 0 Å². The number of fused-ring (bicyclic) bond motifs is 1. The molecule has 118 valence electrons. The fourth-order valence-electron chi connectivity index (χ4n) is 2.50. The minimum Gasteiger partial charge on any atom is -0.378 e. The first-order valence-electron chi connectivity index (χ1n) is 7.70. The van der Waals surface area contributed by atoms with E-state index in [0.717, 1.165) is 29.1 Å². The first-order chi connectivity index (χ1) is 11.2. The molecule has 0 radical (unpaired) electrons. The van der Waals surface area contributed by atoms with Gasteiger partial charge in [-0.1, -0.05) is 24.3 Å². The van der Waals surface area contributed by atoms with Crippen molar-refractivity contribution in [1.29, 1.82) is 0 Å². The van der Waals surface area contributed by atoms with Gasteiger partial charge in [0, 0.05) is 26.3 Å². The molecule has 0 bridgehead atoms. The zero-order chi connectivity index (χ0) is 16.2. The molecule has 2 aromatic carbocycles. The number of imidazole rings is 1. The summed E-state index contributed by atoms with van der Waals surface area (Å²) in [4.78, 5) is 6.66. The molecule has 0 aliphatic rings. The number of nitrogens with zero attached hydrogens (tertiary/aromatic N) is 4. The van der Waals surface area contributed by atoms with Gasteiger partial charge in [0.05, 0.1) is 17.2 Å². The van der Waals surface area contributed by atoms with Crippen LogP contribution in [-0.4, -0.2) is 29.9 Å². The number of para-hydroxylation sites is 2. The second-order valence-electron chi connectivity index (χ2n) is 5.52. The van der Waals surface area contributed by atoms with E-state index in [0.29, 0.717) is 0 Å². The van der Waals surface area contributed by atoms with E-state index >= 15 is 0 Å². The van der Waals surface area contributed by atoms with Crippen molar-refractivity contribution < 1.29 is 0 Å². The molecule has 0 unspecified atom stereocenters. The van der Waals surface area contributed by atoms with Crippen LogP contribution in [0.3, 0.4) is 0 Å². The Bertz CT molecular complexity index is 815. The number of hydrogen-bond acceptors (Lipinski definition) is 4. The molecule has 3 aromatic rings. The number of aromatic nitrogens is 2. The lowest BCUT2D eigenvalue weighted by Gasteiger charge is -2.11. The van der Waals surface area contributed by atoms with Crippen molar-refractivity contribution in [2.24, 2.45) is 5.10 Å². The minimum atomic E-state index is 0.759. The first-order valence-corrected chi connectivity index (χ1v) is 7.70. The van der Waals surface area contributed by atoms with Gasteiger partial charge in [-0.25, -0.2) is 10.4 Å². The van der Waals surface area contributed by atoms with Crippen molar-refractivity contribution in [3.8, 4) is 0 Å². The number of aryl methyl sites for hydroxylation is 1. The smallest absolute Gasteiger partial charge is 0.224 e. The van der Waals surface area contributed by atoms with Gasteiger partial charge in [-0.15, -0.1) is 0 Å². The summed E-state index contributed by atoms with van der Waals surface area (Å²) in [5, 5.41) is 4.32. The van der Waals surface area contributed by atoms with Crippen molar-refractivity contribution >= 4 is 28.9 Å². The summed E-state index contributed by atoms with van der Waals surface area (Å²) in [6, 6.07) is 16.3. The van der Waals surface area contributed by atoms with Crippen LogP contribution >= 0.6 is 0 Å². The molecular formula is C18H21N5. The van der Waals surface area contributed by atoms with E-state index in [-0.39, 0.29) is 0 Å². The van der Waals surface area contributed by atoms with Gasteiger partial charge in [0.1, 0.15) is 0 Å². The van der Waals surface area contributed by atoms with E-state index in [2.05, 4.69) is 50.1 Å². The average Bonchev–Trinajstić information content (AvgIpc) is 2.92. The molecule has 0 saturated heterocycles. The van der Waals surface area contributed by atoms with Gasteiger partial charge in [-0.05, 0) is 36.8 Å². The highest BCUT2D eigenvalue weighted by atomic mass is 15.4. The second kappa shape index (κ2) is 6.52. The Balaban J connectivity index is 1.77. The largest absolute Gasteiger partial charge is 0.378 e. The maximum atomic E-state index is 4.58. The molecule has 0 saturated carbocycles. The van der Waals surface area contributed by atoms with Gasteiger partial charge in [-0.2, -0.15) is 5.10 Å². The minimum absolute atomic E-state index is 0.759. The topological polar surface area (TPSA) is 45.5 Å². The van der Waals surface area contributed by atoms with Gasteiger partial charge < -0.3 is 9.47 Å². The Morgan fingerprint density at radius 3 is 2.57 bits per heavy atom. The molecule has 0 fully saturated rings. The Morgan fingerprint density at radius 1 is 1.13 bits per heavy atom.